The predicted octanol–water partition coefficient (Wildman–Crippen LogP) is 2.51. The molecule has 0 saturated heterocycles. The monoisotopic (exact) mass is 360 g/mol. The molecule has 2 aromatic rings. The zero-order valence-corrected chi connectivity index (χ0v) is 14.7. The molecule has 2 rings (SSSR count). The van der Waals surface area contributed by atoms with Gasteiger partial charge in [-0.15, -0.1) is 0 Å². The van der Waals surface area contributed by atoms with Gasteiger partial charge in [-0.2, -0.15) is 4.31 Å². The van der Waals surface area contributed by atoms with Gasteiger partial charge in [0.25, 0.3) is 0 Å². The van der Waals surface area contributed by atoms with Crippen LogP contribution in [0.3, 0.4) is 0 Å². The molecule has 0 heterocycles. The van der Waals surface area contributed by atoms with Crippen LogP contribution < -0.4 is 10.1 Å². The Bertz CT molecular complexity index is 818. The van der Waals surface area contributed by atoms with Crippen LogP contribution in [0.2, 0.25) is 0 Å². The fraction of sp³-hybridized carbons (Fsp3) is 0.167. The Balaban J connectivity index is 1.96. The van der Waals surface area contributed by atoms with Crippen LogP contribution in [-0.2, 0) is 14.8 Å². The third-order valence-electron chi connectivity index (χ3n) is 3.32. The van der Waals surface area contributed by atoms with Gasteiger partial charge in [0.2, 0.25) is 15.9 Å². The van der Waals surface area contributed by atoms with Gasteiger partial charge in [0.05, 0.1) is 11.4 Å². The number of rotatable bonds is 8. The maximum Gasteiger partial charge on any atom is 0.243 e. The van der Waals surface area contributed by atoms with Crippen LogP contribution >= 0.6 is 0 Å². The first-order chi connectivity index (χ1) is 11.9. The van der Waals surface area contributed by atoms with Gasteiger partial charge in [-0.3, -0.25) is 4.79 Å². The zero-order chi connectivity index (χ0) is 18.3. The smallest absolute Gasteiger partial charge is 0.243 e. The van der Waals surface area contributed by atoms with Crippen molar-refractivity contribution >= 4 is 21.6 Å². The van der Waals surface area contributed by atoms with Gasteiger partial charge in [0, 0.05) is 12.7 Å². The molecule has 0 spiro atoms. The molecule has 0 unspecified atom stereocenters. The Labute approximate surface area is 147 Å². The molecule has 0 aliphatic heterocycles. The van der Waals surface area contributed by atoms with Crippen molar-refractivity contribution < 1.29 is 17.9 Å². The fourth-order valence-corrected chi connectivity index (χ4v) is 3.20. The van der Waals surface area contributed by atoms with E-state index in [1.807, 2.05) is 0 Å². The highest BCUT2D eigenvalue weighted by Crippen LogP contribution is 2.16. The van der Waals surface area contributed by atoms with E-state index in [-0.39, 0.29) is 11.4 Å². The average molecular weight is 360 g/mol. The lowest BCUT2D eigenvalue weighted by Gasteiger charge is -2.17. The maximum absolute atomic E-state index is 12.4. The molecule has 7 heteroatoms. The van der Waals surface area contributed by atoms with Gasteiger partial charge in [0.15, 0.2) is 0 Å². The second kappa shape index (κ2) is 8.46. The number of benzene rings is 2. The number of anilines is 1. The SMILES string of the molecule is C=CCOc1ccc(NC(=O)CN(C)S(=O)(=O)c2ccccc2)cc1. The highest BCUT2D eigenvalue weighted by atomic mass is 32.2. The number of hydrogen-bond donors (Lipinski definition) is 1. The van der Waals surface area contributed by atoms with E-state index in [1.54, 1.807) is 48.5 Å². The summed E-state index contributed by atoms with van der Waals surface area (Å²) in [6.07, 6.45) is 1.64. The molecule has 0 fully saturated rings. The summed E-state index contributed by atoms with van der Waals surface area (Å²) in [5, 5.41) is 2.66. The first kappa shape index (κ1) is 18.7. The second-order valence-electron chi connectivity index (χ2n) is 5.25. The van der Waals surface area contributed by atoms with E-state index < -0.39 is 15.9 Å². The molecule has 0 aliphatic rings. The number of likely N-dealkylation sites (N-methyl/N-ethyl adjacent to an activating group) is 1. The lowest BCUT2D eigenvalue weighted by molar-refractivity contribution is -0.116. The average Bonchev–Trinajstić information content (AvgIpc) is 2.61. The number of ether oxygens (including phenoxy) is 1. The third kappa shape index (κ3) is 5.17. The number of nitrogens with zero attached hydrogens (tertiary/aromatic N) is 1. The molecule has 25 heavy (non-hydrogen) atoms. The van der Waals surface area contributed by atoms with E-state index in [0.29, 0.717) is 18.0 Å². The van der Waals surface area contributed by atoms with E-state index in [2.05, 4.69) is 11.9 Å². The molecular weight excluding hydrogens is 340 g/mol. The summed E-state index contributed by atoms with van der Waals surface area (Å²) in [6.45, 7) is 3.68. The van der Waals surface area contributed by atoms with Crippen molar-refractivity contribution in [2.45, 2.75) is 4.90 Å². The number of hydrogen-bond acceptors (Lipinski definition) is 4. The van der Waals surface area contributed by atoms with Gasteiger partial charge in [-0.25, -0.2) is 8.42 Å². The lowest BCUT2D eigenvalue weighted by Crippen LogP contribution is -2.34. The number of carbonyl (C=O) groups is 1. The van der Waals surface area contributed by atoms with E-state index in [9.17, 15) is 13.2 Å². The molecule has 1 N–H and O–H groups in total. The van der Waals surface area contributed by atoms with Crippen LogP contribution in [0.15, 0.2) is 72.1 Å². The van der Waals surface area contributed by atoms with E-state index in [4.69, 9.17) is 4.74 Å². The van der Waals surface area contributed by atoms with Crippen LogP contribution in [-0.4, -0.2) is 38.8 Å². The largest absolute Gasteiger partial charge is 0.490 e. The quantitative estimate of drug-likeness (QED) is 0.734. The standard InChI is InChI=1S/C18H20N2O4S/c1-3-13-24-16-11-9-15(10-12-16)19-18(21)14-20(2)25(22,23)17-7-5-4-6-8-17/h3-12H,1,13-14H2,2H3,(H,19,21). The Morgan fingerprint density at radius 1 is 1.16 bits per heavy atom. The molecule has 0 atom stereocenters. The van der Waals surface area contributed by atoms with E-state index in [1.165, 1.54) is 19.2 Å². The molecule has 2 aromatic carbocycles. The molecule has 0 radical (unpaired) electrons. The second-order valence-corrected chi connectivity index (χ2v) is 7.29. The number of nitrogens with one attached hydrogen (secondary N) is 1. The van der Waals surface area contributed by atoms with Crippen molar-refractivity contribution in [3.63, 3.8) is 0 Å². The normalized spacial score (nSPS) is 11.1. The van der Waals surface area contributed by atoms with Gasteiger partial charge >= 0.3 is 0 Å². The summed E-state index contributed by atoms with van der Waals surface area (Å²) in [5.41, 5.74) is 0.557. The summed E-state index contributed by atoms with van der Waals surface area (Å²) < 4.78 is 31.1. The van der Waals surface area contributed by atoms with Crippen LogP contribution in [0.1, 0.15) is 0 Å². The predicted molar refractivity (Wildman–Crippen MR) is 97.0 cm³/mol. The van der Waals surface area contributed by atoms with Gasteiger partial charge in [0.1, 0.15) is 12.4 Å². The van der Waals surface area contributed by atoms with Gasteiger partial charge in [-0.1, -0.05) is 30.9 Å². The lowest BCUT2D eigenvalue weighted by atomic mass is 10.3. The molecule has 0 aliphatic carbocycles. The first-order valence-electron chi connectivity index (χ1n) is 7.58. The molecule has 0 saturated carbocycles. The minimum Gasteiger partial charge on any atom is -0.490 e. The van der Waals surface area contributed by atoms with Crippen molar-refractivity contribution in [2.24, 2.45) is 0 Å². The van der Waals surface area contributed by atoms with Gasteiger partial charge in [-0.05, 0) is 36.4 Å². The van der Waals surface area contributed by atoms with Crippen molar-refractivity contribution in [3.05, 3.63) is 67.3 Å². The highest BCUT2D eigenvalue weighted by Gasteiger charge is 2.22. The first-order valence-corrected chi connectivity index (χ1v) is 9.02. The molecular formula is C18H20N2O4S. The fourth-order valence-electron chi connectivity index (χ4n) is 2.05. The van der Waals surface area contributed by atoms with Crippen LogP contribution in [0.25, 0.3) is 0 Å². The number of carbonyl (C=O) groups excluding carboxylic acids is 1. The Kier molecular flexibility index (Phi) is 6.32. The zero-order valence-electron chi connectivity index (χ0n) is 13.9. The third-order valence-corrected chi connectivity index (χ3v) is 5.14. The Morgan fingerprint density at radius 2 is 1.80 bits per heavy atom. The number of amides is 1. The van der Waals surface area contributed by atoms with Crippen LogP contribution in [0.5, 0.6) is 5.75 Å². The molecule has 6 nitrogen and oxygen atoms in total. The molecule has 1 amide bonds. The highest BCUT2D eigenvalue weighted by molar-refractivity contribution is 7.89. The summed E-state index contributed by atoms with van der Waals surface area (Å²) in [4.78, 5) is 12.2. The van der Waals surface area contributed by atoms with E-state index in [0.717, 1.165) is 4.31 Å². The van der Waals surface area contributed by atoms with Crippen molar-refractivity contribution in [3.8, 4) is 5.75 Å². The minimum atomic E-state index is -3.70. The van der Waals surface area contributed by atoms with Crippen molar-refractivity contribution in [1.82, 2.24) is 4.31 Å². The molecule has 0 bridgehead atoms. The summed E-state index contributed by atoms with van der Waals surface area (Å²) in [7, 11) is -2.33. The molecule has 0 aromatic heterocycles. The summed E-state index contributed by atoms with van der Waals surface area (Å²) in [6, 6.07) is 14.8. The minimum absolute atomic E-state index is 0.147. The number of sulfonamides is 1. The van der Waals surface area contributed by atoms with E-state index >= 15 is 0 Å². The van der Waals surface area contributed by atoms with Crippen LogP contribution in [0, 0.1) is 0 Å². The van der Waals surface area contributed by atoms with Gasteiger partial charge < -0.3 is 10.1 Å². The Hall–Kier alpha value is -2.64. The Morgan fingerprint density at radius 3 is 2.40 bits per heavy atom. The molecule has 132 valence electrons. The topological polar surface area (TPSA) is 75.7 Å². The van der Waals surface area contributed by atoms with Crippen molar-refractivity contribution in [2.75, 3.05) is 25.5 Å². The summed E-state index contributed by atoms with van der Waals surface area (Å²) in [5.74, 6) is 0.225. The van der Waals surface area contributed by atoms with Crippen LogP contribution in [0.4, 0.5) is 5.69 Å². The summed E-state index contributed by atoms with van der Waals surface area (Å²) >= 11 is 0. The van der Waals surface area contributed by atoms with Crippen molar-refractivity contribution in [1.29, 1.82) is 0 Å². The maximum atomic E-state index is 12.4.